The molecule has 0 aromatic rings. The minimum Gasteiger partial charge on any atom is -0.469 e. The zero-order chi connectivity index (χ0) is 13.2. The van der Waals surface area contributed by atoms with Crippen molar-refractivity contribution in [2.75, 3.05) is 7.11 Å². The normalized spacial score (nSPS) is 36.0. The minimum absolute atomic E-state index is 0.131. The molecule has 0 heterocycles. The first kappa shape index (κ1) is 13.3. The van der Waals surface area contributed by atoms with E-state index in [9.17, 15) is 9.59 Å². The number of carbonyl (C=O) groups excluding carboxylic acids is 2. The Hall–Kier alpha value is -1.12. The number of ether oxygens (including phenoxy) is 1. The number of allylic oxidation sites excluding steroid dienone is 2. The Morgan fingerprint density at radius 1 is 1.56 bits per heavy atom. The molecule has 2 rings (SSSR count). The van der Waals surface area contributed by atoms with Crippen LogP contribution in [0.3, 0.4) is 0 Å². The lowest BCUT2D eigenvalue weighted by Crippen LogP contribution is -2.38. The average molecular weight is 250 g/mol. The van der Waals surface area contributed by atoms with Crippen molar-refractivity contribution in [1.29, 1.82) is 0 Å². The van der Waals surface area contributed by atoms with E-state index >= 15 is 0 Å². The average Bonchev–Trinajstić information content (AvgIpc) is 2.63. The molecule has 18 heavy (non-hydrogen) atoms. The molecular weight excluding hydrogens is 228 g/mol. The van der Waals surface area contributed by atoms with E-state index < -0.39 is 0 Å². The zero-order valence-corrected chi connectivity index (χ0v) is 11.3. The van der Waals surface area contributed by atoms with Crippen molar-refractivity contribution < 1.29 is 14.3 Å². The number of unbranched alkanes of at least 4 members (excludes halogenated alkanes) is 1. The highest BCUT2D eigenvalue weighted by atomic mass is 16.5. The molecule has 0 radical (unpaired) electrons. The molecule has 2 fully saturated rings. The SMILES string of the molecule is COC(=O)CCC/C=C1/C[C@@H]2C(C=O)CCC12C. The first-order valence-corrected chi connectivity index (χ1v) is 6.83. The van der Waals surface area contributed by atoms with Gasteiger partial charge in [-0.1, -0.05) is 18.6 Å². The number of methoxy groups -OCH3 is 1. The van der Waals surface area contributed by atoms with Gasteiger partial charge in [0.05, 0.1) is 7.11 Å². The third-order valence-corrected chi connectivity index (χ3v) is 4.88. The number of hydrogen-bond acceptors (Lipinski definition) is 3. The molecule has 2 saturated carbocycles. The van der Waals surface area contributed by atoms with Crippen LogP contribution in [-0.2, 0) is 14.3 Å². The Kier molecular flexibility index (Phi) is 3.88. The van der Waals surface area contributed by atoms with Crippen molar-refractivity contribution in [3.63, 3.8) is 0 Å². The van der Waals surface area contributed by atoms with E-state index in [0.717, 1.165) is 38.4 Å². The Balaban J connectivity index is 1.82. The van der Waals surface area contributed by atoms with Crippen LogP contribution in [0.5, 0.6) is 0 Å². The zero-order valence-electron chi connectivity index (χ0n) is 11.3. The van der Waals surface area contributed by atoms with Crippen LogP contribution in [0, 0.1) is 17.3 Å². The van der Waals surface area contributed by atoms with Crippen LogP contribution in [0.25, 0.3) is 0 Å². The fraction of sp³-hybridized carbons (Fsp3) is 0.733. The van der Waals surface area contributed by atoms with Gasteiger partial charge in [0.2, 0.25) is 0 Å². The molecule has 2 unspecified atom stereocenters. The Morgan fingerprint density at radius 2 is 2.33 bits per heavy atom. The van der Waals surface area contributed by atoms with Crippen LogP contribution in [0.1, 0.15) is 45.4 Å². The molecular formula is C15H22O3. The predicted octanol–water partition coefficient (Wildman–Crippen LogP) is 2.89. The van der Waals surface area contributed by atoms with Crippen LogP contribution >= 0.6 is 0 Å². The van der Waals surface area contributed by atoms with Gasteiger partial charge >= 0.3 is 5.97 Å². The summed E-state index contributed by atoms with van der Waals surface area (Å²) >= 11 is 0. The summed E-state index contributed by atoms with van der Waals surface area (Å²) in [5, 5.41) is 0. The van der Waals surface area contributed by atoms with Crippen molar-refractivity contribution in [2.45, 2.75) is 45.4 Å². The lowest BCUT2D eigenvalue weighted by atomic mass is 9.57. The lowest BCUT2D eigenvalue weighted by Gasteiger charge is -2.47. The van der Waals surface area contributed by atoms with E-state index in [1.165, 1.54) is 12.7 Å². The number of carbonyl (C=O) groups is 2. The summed E-state index contributed by atoms with van der Waals surface area (Å²) in [5.41, 5.74) is 1.78. The third kappa shape index (κ3) is 2.23. The van der Waals surface area contributed by atoms with Crippen LogP contribution in [-0.4, -0.2) is 19.4 Å². The summed E-state index contributed by atoms with van der Waals surface area (Å²) in [7, 11) is 1.43. The van der Waals surface area contributed by atoms with E-state index in [4.69, 9.17) is 0 Å². The molecule has 0 aliphatic heterocycles. The second-order valence-electron chi connectivity index (χ2n) is 5.76. The standard InChI is InChI=1S/C15H22O3/c1-15-8-7-11(10-16)13(15)9-12(15)5-3-4-6-14(17)18-2/h5,10-11,13H,3-4,6-9H2,1-2H3/b12-5-/t11?,13-,15?/m1/s1. The fourth-order valence-corrected chi connectivity index (χ4v) is 3.54. The minimum atomic E-state index is -0.131. The third-order valence-electron chi connectivity index (χ3n) is 4.88. The van der Waals surface area contributed by atoms with E-state index in [1.807, 2.05) is 0 Å². The molecule has 3 nitrogen and oxygen atoms in total. The predicted molar refractivity (Wildman–Crippen MR) is 69.0 cm³/mol. The Morgan fingerprint density at radius 3 is 3.00 bits per heavy atom. The Labute approximate surface area is 109 Å². The molecule has 3 heteroatoms. The van der Waals surface area contributed by atoms with Gasteiger partial charge in [-0.25, -0.2) is 0 Å². The summed E-state index contributed by atoms with van der Waals surface area (Å²) in [6.45, 7) is 2.29. The summed E-state index contributed by atoms with van der Waals surface area (Å²) < 4.78 is 4.62. The highest BCUT2D eigenvalue weighted by Gasteiger charge is 2.54. The van der Waals surface area contributed by atoms with Crippen LogP contribution in [0.4, 0.5) is 0 Å². The van der Waals surface area contributed by atoms with Crippen molar-refractivity contribution in [3.05, 3.63) is 11.6 Å². The smallest absolute Gasteiger partial charge is 0.305 e. The van der Waals surface area contributed by atoms with Crippen molar-refractivity contribution in [1.82, 2.24) is 0 Å². The topological polar surface area (TPSA) is 43.4 Å². The molecule has 0 bridgehead atoms. The van der Waals surface area contributed by atoms with Gasteiger partial charge in [0.25, 0.3) is 0 Å². The molecule has 3 atom stereocenters. The highest BCUT2D eigenvalue weighted by Crippen LogP contribution is 2.62. The molecule has 2 aliphatic rings. The summed E-state index contributed by atoms with van der Waals surface area (Å²) in [4.78, 5) is 21.9. The molecule has 0 aromatic carbocycles. The molecule has 0 amide bonds. The van der Waals surface area contributed by atoms with Crippen molar-refractivity contribution in [3.8, 4) is 0 Å². The van der Waals surface area contributed by atoms with E-state index in [0.29, 0.717) is 12.3 Å². The van der Waals surface area contributed by atoms with Gasteiger partial charge in [-0.15, -0.1) is 0 Å². The number of hydrogen-bond donors (Lipinski definition) is 0. The van der Waals surface area contributed by atoms with Gasteiger partial charge in [0.15, 0.2) is 0 Å². The maximum Gasteiger partial charge on any atom is 0.305 e. The maximum atomic E-state index is 11.0. The van der Waals surface area contributed by atoms with Gasteiger partial charge in [0.1, 0.15) is 6.29 Å². The quantitative estimate of drug-likeness (QED) is 0.326. The highest BCUT2D eigenvalue weighted by molar-refractivity contribution is 5.69. The lowest BCUT2D eigenvalue weighted by molar-refractivity contribution is -0.140. The number of esters is 1. The van der Waals surface area contributed by atoms with Gasteiger partial charge in [-0.05, 0) is 43.4 Å². The fourth-order valence-electron chi connectivity index (χ4n) is 3.54. The second-order valence-corrected chi connectivity index (χ2v) is 5.76. The Bertz CT molecular complexity index is 372. The molecule has 0 aromatic heterocycles. The molecule has 0 N–H and O–H groups in total. The van der Waals surface area contributed by atoms with Crippen molar-refractivity contribution in [2.24, 2.45) is 17.3 Å². The first-order valence-electron chi connectivity index (χ1n) is 6.83. The molecule has 0 saturated heterocycles. The monoisotopic (exact) mass is 250 g/mol. The van der Waals surface area contributed by atoms with Crippen LogP contribution < -0.4 is 0 Å². The molecule has 0 spiro atoms. The van der Waals surface area contributed by atoms with Gasteiger partial charge in [-0.3, -0.25) is 4.79 Å². The summed E-state index contributed by atoms with van der Waals surface area (Å²) in [6, 6.07) is 0. The molecule has 100 valence electrons. The summed E-state index contributed by atoms with van der Waals surface area (Å²) in [6.07, 6.45) is 8.99. The van der Waals surface area contributed by atoms with Crippen LogP contribution in [0.2, 0.25) is 0 Å². The van der Waals surface area contributed by atoms with Gasteiger partial charge < -0.3 is 9.53 Å². The number of rotatable bonds is 5. The van der Waals surface area contributed by atoms with Crippen molar-refractivity contribution >= 4 is 12.3 Å². The number of aldehydes is 1. The second kappa shape index (κ2) is 5.25. The first-order chi connectivity index (χ1) is 8.61. The molecule has 2 aliphatic carbocycles. The maximum absolute atomic E-state index is 11.0. The number of fused-ring (bicyclic) bond motifs is 1. The van der Waals surface area contributed by atoms with E-state index in [2.05, 4.69) is 17.7 Å². The largest absolute Gasteiger partial charge is 0.469 e. The van der Waals surface area contributed by atoms with E-state index in [1.54, 1.807) is 0 Å². The summed E-state index contributed by atoms with van der Waals surface area (Å²) in [5.74, 6) is 0.719. The van der Waals surface area contributed by atoms with Crippen LogP contribution in [0.15, 0.2) is 11.6 Å². The van der Waals surface area contributed by atoms with E-state index in [-0.39, 0.29) is 17.3 Å². The van der Waals surface area contributed by atoms with Gasteiger partial charge in [0, 0.05) is 12.3 Å². The van der Waals surface area contributed by atoms with Gasteiger partial charge in [-0.2, -0.15) is 0 Å².